The highest BCUT2D eigenvalue weighted by molar-refractivity contribution is 6.32. The quantitative estimate of drug-likeness (QED) is 0.359. The van der Waals surface area contributed by atoms with E-state index in [9.17, 15) is 14.9 Å². The van der Waals surface area contributed by atoms with E-state index in [1.807, 2.05) is 59.0 Å². The van der Waals surface area contributed by atoms with Crippen molar-refractivity contribution >= 4 is 40.8 Å². The zero-order valence-corrected chi connectivity index (χ0v) is 27.1. The van der Waals surface area contributed by atoms with Gasteiger partial charge in [0.05, 0.1) is 45.5 Å². The maximum Gasteiger partial charge on any atom is 0.410 e. The fourth-order valence-corrected chi connectivity index (χ4v) is 6.41. The number of benzene rings is 2. The van der Waals surface area contributed by atoms with Crippen LogP contribution in [0.4, 0.5) is 22.0 Å². The predicted octanol–water partition coefficient (Wildman–Crippen LogP) is 5.61. The molecule has 11 heteroatoms. The first kappa shape index (κ1) is 30.8. The van der Waals surface area contributed by atoms with Crippen LogP contribution in [0.15, 0.2) is 48.8 Å². The highest BCUT2D eigenvalue weighted by atomic mass is 35.5. The van der Waals surface area contributed by atoms with Crippen molar-refractivity contribution in [3.8, 4) is 17.3 Å². The van der Waals surface area contributed by atoms with Crippen LogP contribution in [0.1, 0.15) is 45.7 Å². The summed E-state index contributed by atoms with van der Waals surface area (Å²) in [7, 11) is 0. The third-order valence-electron chi connectivity index (χ3n) is 8.74. The monoisotopic (exact) mass is 627 g/mol. The van der Waals surface area contributed by atoms with E-state index >= 15 is 0 Å². The van der Waals surface area contributed by atoms with Gasteiger partial charge in [0.1, 0.15) is 17.5 Å². The van der Waals surface area contributed by atoms with Gasteiger partial charge in [-0.15, -0.1) is 0 Å². The molecule has 1 aromatic heterocycles. The minimum atomic E-state index is -0.756. The minimum absolute atomic E-state index is 0.0610. The van der Waals surface area contributed by atoms with E-state index in [-0.39, 0.29) is 12.0 Å². The summed E-state index contributed by atoms with van der Waals surface area (Å²) in [5, 5.41) is 9.56. The molecular formula is C34H38ClN7O3. The van der Waals surface area contributed by atoms with Crippen molar-refractivity contribution in [3.63, 3.8) is 0 Å². The molecule has 0 radical (unpaired) electrons. The largest absolute Gasteiger partial charge is 0.444 e. The van der Waals surface area contributed by atoms with Crippen molar-refractivity contribution in [3.05, 3.63) is 64.9 Å². The van der Waals surface area contributed by atoms with Gasteiger partial charge >= 0.3 is 6.09 Å². The molecule has 2 saturated heterocycles. The van der Waals surface area contributed by atoms with Crippen LogP contribution in [0.2, 0.25) is 5.02 Å². The molecule has 2 amide bonds. The fourth-order valence-electron chi connectivity index (χ4n) is 6.20. The number of aromatic nitrogens is 2. The molecule has 0 atom stereocenters. The number of anilines is 3. The Morgan fingerprint density at radius 2 is 1.80 bits per heavy atom. The molecule has 45 heavy (non-hydrogen) atoms. The lowest BCUT2D eigenvalue weighted by molar-refractivity contribution is -0.121. The smallest absolute Gasteiger partial charge is 0.410 e. The predicted molar refractivity (Wildman–Crippen MR) is 174 cm³/mol. The molecule has 0 aliphatic carbocycles. The Labute approximate surface area is 269 Å². The van der Waals surface area contributed by atoms with Gasteiger partial charge in [0.2, 0.25) is 5.91 Å². The maximum atomic E-state index is 13.6. The van der Waals surface area contributed by atoms with Gasteiger partial charge < -0.3 is 14.5 Å². The van der Waals surface area contributed by atoms with Crippen LogP contribution in [-0.4, -0.2) is 83.2 Å². The number of nitrogens with zero attached hydrogens (tertiary/aromatic N) is 7. The summed E-state index contributed by atoms with van der Waals surface area (Å²) < 4.78 is 5.51. The number of amides is 2. The molecule has 0 saturated carbocycles. The van der Waals surface area contributed by atoms with E-state index in [4.69, 9.17) is 26.3 Å². The zero-order valence-electron chi connectivity index (χ0n) is 26.4. The molecule has 2 fully saturated rings. The van der Waals surface area contributed by atoms with Crippen molar-refractivity contribution in [2.75, 3.05) is 55.6 Å². The topological polar surface area (TPSA) is 106 Å². The van der Waals surface area contributed by atoms with Gasteiger partial charge in [-0.25, -0.2) is 9.78 Å². The van der Waals surface area contributed by atoms with Gasteiger partial charge in [-0.2, -0.15) is 5.26 Å². The summed E-state index contributed by atoms with van der Waals surface area (Å²) in [5.74, 6) is 1.34. The van der Waals surface area contributed by atoms with Gasteiger partial charge in [0, 0.05) is 57.3 Å². The fraction of sp³-hybridized carbons (Fsp3) is 0.441. The first-order valence-corrected chi connectivity index (χ1v) is 15.7. The second kappa shape index (κ2) is 11.6. The Kier molecular flexibility index (Phi) is 7.96. The molecule has 3 aliphatic heterocycles. The summed E-state index contributed by atoms with van der Waals surface area (Å²) >= 11 is 6.29. The third kappa shape index (κ3) is 6.07. The lowest BCUT2D eigenvalue weighted by Crippen LogP contribution is -2.56. The average molecular weight is 628 g/mol. The van der Waals surface area contributed by atoms with Gasteiger partial charge in [0.25, 0.3) is 0 Å². The molecule has 10 nitrogen and oxygen atoms in total. The molecule has 0 spiro atoms. The lowest BCUT2D eigenvalue weighted by Gasteiger charge is -2.44. The summed E-state index contributed by atoms with van der Waals surface area (Å²) in [6, 6.07) is 13.0. The highest BCUT2D eigenvalue weighted by Crippen LogP contribution is 2.47. The van der Waals surface area contributed by atoms with E-state index in [1.54, 1.807) is 34.2 Å². The van der Waals surface area contributed by atoms with Gasteiger partial charge in [0.15, 0.2) is 0 Å². The molecule has 0 unspecified atom stereocenters. The Morgan fingerprint density at radius 3 is 2.42 bits per heavy atom. The number of carbonyl (C=O) groups is 2. The van der Waals surface area contributed by atoms with Crippen LogP contribution in [0, 0.1) is 17.2 Å². The van der Waals surface area contributed by atoms with Gasteiger partial charge in [-0.1, -0.05) is 17.7 Å². The Morgan fingerprint density at radius 1 is 1.07 bits per heavy atom. The normalized spacial score (nSPS) is 18.4. The Hall–Kier alpha value is -4.20. The number of halogens is 1. The summed E-state index contributed by atoms with van der Waals surface area (Å²) in [6.45, 7) is 15.4. The number of carbonyl (C=O) groups excluding carboxylic acids is 2. The average Bonchev–Trinajstić information content (AvgIpc) is 3.18. The summed E-state index contributed by atoms with van der Waals surface area (Å²) in [5.41, 5.74) is 3.08. The van der Waals surface area contributed by atoms with Gasteiger partial charge in [-0.3, -0.25) is 19.6 Å². The van der Waals surface area contributed by atoms with Gasteiger partial charge in [-0.05, 0) is 70.5 Å². The van der Waals surface area contributed by atoms with Crippen LogP contribution >= 0.6 is 11.6 Å². The number of ether oxygens (including phenoxy) is 1. The van der Waals surface area contributed by atoms with Crippen molar-refractivity contribution in [2.24, 2.45) is 5.92 Å². The molecule has 0 bridgehead atoms. The van der Waals surface area contributed by atoms with E-state index in [2.05, 4.69) is 15.9 Å². The second-order valence-corrected chi connectivity index (χ2v) is 14.0. The molecule has 0 N–H and O–H groups in total. The summed E-state index contributed by atoms with van der Waals surface area (Å²) in [6.07, 6.45) is 3.38. The van der Waals surface area contributed by atoms with Crippen LogP contribution in [-0.2, 0) is 14.9 Å². The lowest BCUT2D eigenvalue weighted by atomic mass is 9.85. The molecule has 6 rings (SSSR count). The van der Waals surface area contributed by atoms with E-state index in [1.165, 1.54) is 0 Å². The number of nitriles is 1. The number of hydrogen-bond donors (Lipinski definition) is 0. The van der Waals surface area contributed by atoms with Crippen LogP contribution < -0.4 is 9.80 Å². The molecule has 2 aromatic carbocycles. The zero-order chi connectivity index (χ0) is 32.1. The molecule has 4 heterocycles. The number of piperazine rings is 1. The standard InChI is InChI=1S/C34H38ClN7O3/c1-33(2,3)45-32(44)40-12-10-39(11-13-40)19-22-20-41(21-22)30-18-37-28(17-38-30)23-7-9-29-26(14-23)34(4,5)31(43)42(29)25-8-6-24(16-36)27(35)15-25/h6-9,14-15,17-18,22H,10-13,19-21H2,1-5H3. The van der Waals surface area contributed by atoms with E-state index in [0.717, 1.165) is 61.0 Å². The number of rotatable bonds is 5. The Balaban J connectivity index is 1.07. The molecule has 234 valence electrons. The van der Waals surface area contributed by atoms with Crippen molar-refractivity contribution < 1.29 is 14.3 Å². The second-order valence-electron chi connectivity index (χ2n) is 13.6. The van der Waals surface area contributed by atoms with Crippen molar-refractivity contribution in [2.45, 2.75) is 45.6 Å². The van der Waals surface area contributed by atoms with Crippen LogP contribution in [0.3, 0.4) is 0 Å². The van der Waals surface area contributed by atoms with Crippen molar-refractivity contribution in [1.82, 2.24) is 19.8 Å². The van der Waals surface area contributed by atoms with Crippen LogP contribution in [0.5, 0.6) is 0 Å². The third-order valence-corrected chi connectivity index (χ3v) is 9.05. The number of fused-ring (bicyclic) bond motifs is 1. The molecular weight excluding hydrogens is 590 g/mol. The first-order valence-electron chi connectivity index (χ1n) is 15.3. The Bertz CT molecular complexity index is 1660. The van der Waals surface area contributed by atoms with E-state index < -0.39 is 11.0 Å². The van der Waals surface area contributed by atoms with Crippen molar-refractivity contribution in [1.29, 1.82) is 5.26 Å². The minimum Gasteiger partial charge on any atom is -0.444 e. The maximum absolute atomic E-state index is 13.6. The SMILES string of the molecule is CC(C)(C)OC(=O)N1CCN(CC2CN(c3cnc(-c4ccc5c(c4)C(C)(C)C(=O)N5c4ccc(C#N)c(Cl)c4)cn3)C2)CC1. The summed E-state index contributed by atoms with van der Waals surface area (Å²) in [4.78, 5) is 43.5. The number of hydrogen-bond acceptors (Lipinski definition) is 8. The molecule has 3 aliphatic rings. The van der Waals surface area contributed by atoms with Crippen LogP contribution in [0.25, 0.3) is 11.3 Å². The molecule has 3 aromatic rings. The first-order chi connectivity index (χ1) is 21.3. The highest BCUT2D eigenvalue weighted by Gasteiger charge is 2.45. The van der Waals surface area contributed by atoms with E-state index in [0.29, 0.717) is 35.3 Å².